The van der Waals surface area contributed by atoms with Gasteiger partial charge in [0.05, 0.1) is 0 Å². The second kappa shape index (κ2) is 4.31. The van der Waals surface area contributed by atoms with Crippen LogP contribution in [-0.4, -0.2) is 17.3 Å². The monoisotopic (exact) mass is 241 g/mol. The number of rotatable bonds is 1. The number of carbonyl (C=O) groups is 1. The van der Waals surface area contributed by atoms with Gasteiger partial charge in [0.15, 0.2) is 0 Å². The van der Waals surface area contributed by atoms with Crippen LogP contribution in [0, 0.1) is 0 Å². The van der Waals surface area contributed by atoms with Crippen LogP contribution in [0.1, 0.15) is 23.7 Å². The van der Waals surface area contributed by atoms with Gasteiger partial charge in [0.25, 0.3) is 0 Å². The van der Waals surface area contributed by atoms with Crippen LogP contribution in [0.2, 0.25) is 5.02 Å². The third-order valence-electron chi connectivity index (χ3n) is 2.76. The van der Waals surface area contributed by atoms with Crippen LogP contribution in [0.4, 0.5) is 4.79 Å². The molecule has 1 aliphatic carbocycles. The summed E-state index contributed by atoms with van der Waals surface area (Å²) < 4.78 is 4.85. The van der Waals surface area contributed by atoms with Crippen molar-refractivity contribution in [2.75, 3.05) is 0 Å². The SMILES string of the molecule is NC(=O)O[C@@H]1CCc2cccc(Cl)c2[C@H]1O. The molecule has 5 heteroatoms. The molecule has 0 bridgehead atoms. The second-order valence-electron chi connectivity index (χ2n) is 3.77. The first-order valence-electron chi connectivity index (χ1n) is 5.01. The van der Waals surface area contributed by atoms with Crippen molar-refractivity contribution in [1.82, 2.24) is 0 Å². The van der Waals surface area contributed by atoms with E-state index in [0.29, 0.717) is 23.4 Å². The Morgan fingerprint density at radius 1 is 1.56 bits per heavy atom. The Bertz CT molecular complexity index is 422. The molecule has 0 heterocycles. The molecule has 4 nitrogen and oxygen atoms in total. The van der Waals surface area contributed by atoms with Crippen LogP contribution in [0.3, 0.4) is 0 Å². The fraction of sp³-hybridized carbons (Fsp3) is 0.364. The molecule has 0 aliphatic heterocycles. The average Bonchev–Trinajstić information content (AvgIpc) is 2.22. The van der Waals surface area contributed by atoms with Gasteiger partial charge in [-0.05, 0) is 24.5 Å². The highest BCUT2D eigenvalue weighted by Gasteiger charge is 2.31. The Hall–Kier alpha value is -1.26. The van der Waals surface area contributed by atoms with E-state index < -0.39 is 18.3 Å². The van der Waals surface area contributed by atoms with E-state index in [-0.39, 0.29) is 0 Å². The zero-order valence-corrected chi connectivity index (χ0v) is 9.28. The minimum Gasteiger partial charge on any atom is -0.443 e. The van der Waals surface area contributed by atoms with Gasteiger partial charge in [-0.25, -0.2) is 4.79 Å². The van der Waals surface area contributed by atoms with Gasteiger partial charge in [0, 0.05) is 10.6 Å². The molecule has 1 aliphatic rings. The first kappa shape index (κ1) is 11.2. The van der Waals surface area contributed by atoms with Crippen molar-refractivity contribution in [1.29, 1.82) is 0 Å². The second-order valence-corrected chi connectivity index (χ2v) is 4.18. The lowest BCUT2D eigenvalue weighted by Crippen LogP contribution is -2.32. The van der Waals surface area contributed by atoms with Gasteiger partial charge >= 0.3 is 6.09 Å². The van der Waals surface area contributed by atoms with E-state index in [2.05, 4.69) is 0 Å². The summed E-state index contributed by atoms with van der Waals surface area (Å²) in [6.45, 7) is 0. The summed E-state index contributed by atoms with van der Waals surface area (Å²) in [5, 5.41) is 10.5. The molecule has 0 unspecified atom stereocenters. The number of hydrogen-bond donors (Lipinski definition) is 2. The molecule has 2 atom stereocenters. The summed E-state index contributed by atoms with van der Waals surface area (Å²) in [7, 11) is 0. The standard InChI is InChI=1S/C11H12ClNO3/c12-7-3-1-2-6-4-5-8(16-11(13)15)10(14)9(6)7/h1-3,8,10,14H,4-5H2,(H2,13,15)/t8-,10+/m1/s1. The van der Waals surface area contributed by atoms with E-state index in [9.17, 15) is 9.90 Å². The van der Waals surface area contributed by atoms with Crippen molar-refractivity contribution in [2.45, 2.75) is 25.0 Å². The molecule has 0 fully saturated rings. The molecule has 1 amide bonds. The Morgan fingerprint density at radius 2 is 2.31 bits per heavy atom. The third-order valence-corrected chi connectivity index (χ3v) is 3.09. The van der Waals surface area contributed by atoms with Gasteiger partial charge in [0.2, 0.25) is 0 Å². The quantitative estimate of drug-likeness (QED) is 0.787. The molecule has 1 aromatic rings. The predicted molar refractivity (Wildman–Crippen MR) is 59.2 cm³/mol. The van der Waals surface area contributed by atoms with E-state index in [1.807, 2.05) is 12.1 Å². The summed E-state index contributed by atoms with van der Waals surface area (Å²) >= 11 is 6.01. The topological polar surface area (TPSA) is 72.6 Å². The molecule has 86 valence electrons. The summed E-state index contributed by atoms with van der Waals surface area (Å²) in [6.07, 6.45) is -1.11. The molecule has 1 aromatic carbocycles. The third kappa shape index (κ3) is 1.99. The van der Waals surface area contributed by atoms with Crippen LogP contribution in [0.5, 0.6) is 0 Å². The van der Waals surface area contributed by atoms with Gasteiger partial charge in [0.1, 0.15) is 12.2 Å². The van der Waals surface area contributed by atoms with Crippen molar-refractivity contribution in [3.8, 4) is 0 Å². The number of ether oxygens (including phenoxy) is 1. The number of fused-ring (bicyclic) bond motifs is 1. The zero-order valence-electron chi connectivity index (χ0n) is 8.52. The van der Waals surface area contributed by atoms with Crippen molar-refractivity contribution in [2.24, 2.45) is 5.73 Å². The van der Waals surface area contributed by atoms with Crippen LogP contribution in [0.15, 0.2) is 18.2 Å². The molecule has 0 aromatic heterocycles. The summed E-state index contributed by atoms with van der Waals surface area (Å²) in [4.78, 5) is 10.7. The minimum atomic E-state index is -0.898. The Balaban J connectivity index is 2.30. The fourth-order valence-electron chi connectivity index (χ4n) is 2.05. The number of aryl methyl sites for hydroxylation is 1. The number of halogens is 1. The lowest BCUT2D eigenvalue weighted by atomic mass is 9.87. The Morgan fingerprint density at radius 3 is 3.00 bits per heavy atom. The van der Waals surface area contributed by atoms with Gasteiger partial charge in [-0.2, -0.15) is 0 Å². The predicted octanol–water partition coefficient (Wildman–Crippen LogP) is 1.78. The van der Waals surface area contributed by atoms with E-state index >= 15 is 0 Å². The number of nitrogens with two attached hydrogens (primary N) is 1. The van der Waals surface area contributed by atoms with Crippen molar-refractivity contribution < 1.29 is 14.6 Å². The lowest BCUT2D eigenvalue weighted by Gasteiger charge is -2.29. The molecule has 16 heavy (non-hydrogen) atoms. The number of primary amides is 1. The average molecular weight is 242 g/mol. The van der Waals surface area contributed by atoms with Gasteiger partial charge in [-0.3, -0.25) is 0 Å². The number of aliphatic hydroxyl groups is 1. The van der Waals surface area contributed by atoms with Crippen molar-refractivity contribution in [3.63, 3.8) is 0 Å². The highest BCUT2D eigenvalue weighted by atomic mass is 35.5. The molecular weight excluding hydrogens is 230 g/mol. The van der Waals surface area contributed by atoms with Crippen molar-refractivity contribution in [3.05, 3.63) is 34.3 Å². The molecule has 0 radical (unpaired) electrons. The highest BCUT2D eigenvalue weighted by molar-refractivity contribution is 6.31. The van der Waals surface area contributed by atoms with E-state index in [1.54, 1.807) is 6.07 Å². The molecule has 3 N–H and O–H groups in total. The van der Waals surface area contributed by atoms with E-state index in [4.69, 9.17) is 22.1 Å². The largest absolute Gasteiger partial charge is 0.443 e. The zero-order chi connectivity index (χ0) is 11.7. The highest BCUT2D eigenvalue weighted by Crippen LogP contribution is 2.36. The van der Waals surface area contributed by atoms with Gasteiger partial charge in [-0.15, -0.1) is 0 Å². The Kier molecular flexibility index (Phi) is 3.03. The molecule has 0 spiro atoms. The molecule has 2 rings (SSSR count). The molecule has 0 saturated heterocycles. The van der Waals surface area contributed by atoms with Crippen LogP contribution < -0.4 is 5.73 Å². The van der Waals surface area contributed by atoms with Crippen LogP contribution in [-0.2, 0) is 11.2 Å². The van der Waals surface area contributed by atoms with E-state index in [1.165, 1.54) is 0 Å². The maximum Gasteiger partial charge on any atom is 0.404 e. The number of benzene rings is 1. The molecule has 0 saturated carbocycles. The van der Waals surface area contributed by atoms with Gasteiger partial charge < -0.3 is 15.6 Å². The minimum absolute atomic E-state index is 0.489. The number of hydrogen-bond acceptors (Lipinski definition) is 3. The van der Waals surface area contributed by atoms with Crippen LogP contribution >= 0.6 is 11.6 Å². The maximum absolute atomic E-state index is 10.7. The summed E-state index contributed by atoms with van der Waals surface area (Å²) in [5.41, 5.74) is 6.57. The maximum atomic E-state index is 10.7. The number of amides is 1. The smallest absolute Gasteiger partial charge is 0.404 e. The first-order valence-corrected chi connectivity index (χ1v) is 5.39. The van der Waals surface area contributed by atoms with Gasteiger partial charge in [-0.1, -0.05) is 23.7 Å². The fourth-order valence-corrected chi connectivity index (χ4v) is 2.35. The first-order chi connectivity index (χ1) is 7.59. The normalized spacial score (nSPS) is 23.6. The number of carbonyl (C=O) groups excluding carboxylic acids is 1. The Labute approximate surface area is 98.0 Å². The van der Waals surface area contributed by atoms with E-state index in [0.717, 1.165) is 5.56 Å². The number of aliphatic hydroxyl groups excluding tert-OH is 1. The lowest BCUT2D eigenvalue weighted by molar-refractivity contribution is -0.00515. The van der Waals surface area contributed by atoms with Crippen molar-refractivity contribution >= 4 is 17.7 Å². The summed E-state index contributed by atoms with van der Waals surface area (Å²) in [6, 6.07) is 5.45. The summed E-state index contributed by atoms with van der Waals surface area (Å²) in [5.74, 6) is 0. The molecular formula is C11H12ClNO3. The van der Waals surface area contributed by atoms with Crippen LogP contribution in [0.25, 0.3) is 0 Å².